The Labute approximate surface area is 134 Å². The van der Waals surface area contributed by atoms with E-state index >= 15 is 0 Å². The van der Waals surface area contributed by atoms with E-state index in [4.69, 9.17) is 4.74 Å². The zero-order chi connectivity index (χ0) is 13.9. The summed E-state index contributed by atoms with van der Waals surface area (Å²) in [6.45, 7) is 1.61. The molecule has 0 bridgehead atoms. The highest BCUT2D eigenvalue weighted by molar-refractivity contribution is 9.10. The van der Waals surface area contributed by atoms with Gasteiger partial charge in [0.05, 0.1) is 12.0 Å². The number of methoxy groups -OCH3 is 1. The second-order valence-electron chi connectivity index (χ2n) is 4.46. The highest BCUT2D eigenvalue weighted by Gasteiger charge is 2.24. The minimum absolute atomic E-state index is 0. The number of halogens is 2. The van der Waals surface area contributed by atoms with Gasteiger partial charge in [-0.2, -0.15) is 0 Å². The third-order valence-electron chi connectivity index (χ3n) is 3.05. The molecule has 2 rings (SSSR count). The Morgan fingerprint density at radius 1 is 1.45 bits per heavy atom. The third kappa shape index (κ3) is 4.33. The predicted molar refractivity (Wildman–Crippen MR) is 84.2 cm³/mol. The van der Waals surface area contributed by atoms with Gasteiger partial charge in [-0.1, -0.05) is 0 Å². The lowest BCUT2D eigenvalue weighted by Crippen LogP contribution is -2.45. The van der Waals surface area contributed by atoms with Crippen LogP contribution >= 0.6 is 28.3 Å². The van der Waals surface area contributed by atoms with E-state index in [1.807, 2.05) is 0 Å². The van der Waals surface area contributed by atoms with Crippen molar-refractivity contribution in [3.8, 4) is 5.75 Å². The van der Waals surface area contributed by atoms with Gasteiger partial charge in [0.15, 0.2) is 0 Å². The van der Waals surface area contributed by atoms with Gasteiger partial charge >= 0.3 is 0 Å². The van der Waals surface area contributed by atoms with E-state index in [2.05, 4.69) is 26.0 Å². The molecule has 1 aliphatic rings. The number of rotatable bonds is 4. The fraction of sp³-hybridized carbons (Fsp3) is 0.500. The van der Waals surface area contributed by atoms with E-state index in [1.165, 1.54) is 13.2 Å². The first-order valence-electron chi connectivity index (χ1n) is 6.09. The SMILES string of the molecule is COc1ccc(Br)c(S(=O)(=O)NC2CCCNC2)c1.Cl. The fourth-order valence-electron chi connectivity index (χ4n) is 2.05. The minimum Gasteiger partial charge on any atom is -0.497 e. The number of piperidine rings is 1. The zero-order valence-electron chi connectivity index (χ0n) is 11.1. The lowest BCUT2D eigenvalue weighted by atomic mass is 10.1. The van der Waals surface area contributed by atoms with Crippen LogP contribution in [-0.2, 0) is 10.0 Å². The van der Waals surface area contributed by atoms with Gasteiger partial charge in [0.1, 0.15) is 5.75 Å². The largest absolute Gasteiger partial charge is 0.497 e. The fourth-order valence-corrected chi connectivity index (χ4v) is 4.30. The Hall–Kier alpha value is -0.340. The minimum atomic E-state index is -3.54. The molecule has 0 saturated carbocycles. The van der Waals surface area contributed by atoms with E-state index in [0.29, 0.717) is 16.8 Å². The molecule has 114 valence electrons. The summed E-state index contributed by atoms with van der Waals surface area (Å²) in [5.74, 6) is 0.519. The normalized spacial score (nSPS) is 19.2. The second kappa shape index (κ2) is 7.61. The molecular formula is C12H18BrClN2O3S. The summed E-state index contributed by atoms with van der Waals surface area (Å²) in [5.41, 5.74) is 0. The highest BCUT2D eigenvalue weighted by atomic mass is 79.9. The molecule has 1 unspecified atom stereocenters. The van der Waals surface area contributed by atoms with E-state index in [1.54, 1.807) is 12.1 Å². The molecule has 1 heterocycles. The first-order valence-corrected chi connectivity index (χ1v) is 8.37. The average Bonchev–Trinajstić information content (AvgIpc) is 2.39. The Morgan fingerprint density at radius 2 is 2.20 bits per heavy atom. The molecule has 1 saturated heterocycles. The van der Waals surface area contributed by atoms with Gasteiger partial charge in [-0.15, -0.1) is 12.4 Å². The number of nitrogens with one attached hydrogen (secondary N) is 2. The van der Waals surface area contributed by atoms with Gasteiger partial charge in [-0.05, 0) is 47.4 Å². The highest BCUT2D eigenvalue weighted by Crippen LogP contribution is 2.26. The van der Waals surface area contributed by atoms with Crippen molar-refractivity contribution in [2.24, 2.45) is 0 Å². The second-order valence-corrected chi connectivity index (χ2v) is 7.00. The van der Waals surface area contributed by atoms with Gasteiger partial charge in [-0.25, -0.2) is 13.1 Å². The van der Waals surface area contributed by atoms with Crippen molar-refractivity contribution in [1.82, 2.24) is 10.0 Å². The van der Waals surface area contributed by atoms with E-state index < -0.39 is 10.0 Å². The summed E-state index contributed by atoms with van der Waals surface area (Å²) in [5, 5.41) is 3.18. The van der Waals surface area contributed by atoms with E-state index in [-0.39, 0.29) is 23.3 Å². The average molecular weight is 386 g/mol. The Bertz CT molecular complexity index is 548. The first-order chi connectivity index (χ1) is 9.03. The van der Waals surface area contributed by atoms with Crippen molar-refractivity contribution in [2.45, 2.75) is 23.8 Å². The molecule has 20 heavy (non-hydrogen) atoms. The van der Waals surface area contributed by atoms with Gasteiger partial charge in [0, 0.05) is 23.1 Å². The van der Waals surface area contributed by atoms with Gasteiger partial charge < -0.3 is 10.1 Å². The summed E-state index contributed by atoms with van der Waals surface area (Å²) in [6, 6.07) is 4.84. The summed E-state index contributed by atoms with van der Waals surface area (Å²) < 4.78 is 33.1. The monoisotopic (exact) mass is 384 g/mol. The van der Waals surface area contributed by atoms with Crippen LogP contribution in [0.4, 0.5) is 0 Å². The van der Waals surface area contributed by atoms with Gasteiger partial charge in [0.25, 0.3) is 0 Å². The van der Waals surface area contributed by atoms with E-state index in [9.17, 15) is 8.42 Å². The molecular weight excluding hydrogens is 368 g/mol. The summed E-state index contributed by atoms with van der Waals surface area (Å²) in [6.07, 6.45) is 1.83. The Kier molecular flexibility index (Phi) is 6.74. The number of hydrogen-bond acceptors (Lipinski definition) is 4. The van der Waals surface area contributed by atoms with Crippen LogP contribution in [-0.4, -0.2) is 34.7 Å². The Morgan fingerprint density at radius 3 is 2.80 bits per heavy atom. The van der Waals surface area contributed by atoms with Crippen molar-refractivity contribution in [3.05, 3.63) is 22.7 Å². The molecule has 0 aliphatic carbocycles. The summed E-state index contributed by atoms with van der Waals surface area (Å²) in [7, 11) is -2.03. The van der Waals surface area contributed by atoms with Crippen LogP contribution in [0.25, 0.3) is 0 Å². The molecule has 5 nitrogen and oxygen atoms in total. The number of sulfonamides is 1. The molecule has 0 radical (unpaired) electrons. The van der Waals surface area contributed by atoms with Crippen molar-refractivity contribution < 1.29 is 13.2 Å². The van der Waals surface area contributed by atoms with Crippen LogP contribution in [0, 0.1) is 0 Å². The molecule has 0 aromatic heterocycles. The molecule has 1 atom stereocenters. The maximum absolute atomic E-state index is 12.4. The van der Waals surface area contributed by atoms with Gasteiger partial charge in [-0.3, -0.25) is 0 Å². The quantitative estimate of drug-likeness (QED) is 0.831. The zero-order valence-corrected chi connectivity index (χ0v) is 14.3. The molecule has 0 spiro atoms. The van der Waals surface area contributed by atoms with Crippen molar-refractivity contribution in [1.29, 1.82) is 0 Å². The van der Waals surface area contributed by atoms with Crippen molar-refractivity contribution >= 4 is 38.4 Å². The maximum atomic E-state index is 12.4. The van der Waals surface area contributed by atoms with Crippen molar-refractivity contribution in [2.75, 3.05) is 20.2 Å². The number of benzene rings is 1. The van der Waals surface area contributed by atoms with E-state index in [0.717, 1.165) is 19.4 Å². The van der Waals surface area contributed by atoms with Crippen LogP contribution in [0.1, 0.15) is 12.8 Å². The van der Waals surface area contributed by atoms with Crippen LogP contribution in [0.3, 0.4) is 0 Å². The standard InChI is InChI=1S/C12H17BrN2O3S.ClH/c1-18-10-4-5-11(13)12(7-10)19(16,17)15-9-3-2-6-14-8-9;/h4-5,7,9,14-15H,2-3,6,8H2,1H3;1H. The molecule has 1 aliphatic heterocycles. The van der Waals surface area contributed by atoms with Gasteiger partial charge in [0.2, 0.25) is 10.0 Å². The summed E-state index contributed by atoms with van der Waals surface area (Å²) >= 11 is 3.27. The molecule has 2 N–H and O–H groups in total. The topological polar surface area (TPSA) is 67.4 Å². The maximum Gasteiger partial charge on any atom is 0.242 e. The molecule has 8 heteroatoms. The summed E-state index contributed by atoms with van der Waals surface area (Å²) in [4.78, 5) is 0.206. The molecule has 1 aromatic carbocycles. The first kappa shape index (κ1) is 17.7. The lowest BCUT2D eigenvalue weighted by Gasteiger charge is -2.24. The predicted octanol–water partition coefficient (Wildman–Crippen LogP) is 1.91. The lowest BCUT2D eigenvalue weighted by molar-refractivity contribution is 0.412. The smallest absolute Gasteiger partial charge is 0.242 e. The van der Waals surface area contributed by atoms with Crippen molar-refractivity contribution in [3.63, 3.8) is 0 Å². The Balaban J connectivity index is 0.00000200. The molecule has 0 amide bonds. The van der Waals surface area contributed by atoms with Crippen LogP contribution in [0.5, 0.6) is 5.75 Å². The number of hydrogen-bond donors (Lipinski definition) is 2. The molecule has 1 aromatic rings. The number of ether oxygens (including phenoxy) is 1. The third-order valence-corrected chi connectivity index (χ3v) is 5.56. The molecule has 1 fully saturated rings. The van der Waals surface area contributed by atoms with Crippen LogP contribution in [0.2, 0.25) is 0 Å². The van der Waals surface area contributed by atoms with Crippen LogP contribution < -0.4 is 14.8 Å². The van der Waals surface area contributed by atoms with Crippen LogP contribution in [0.15, 0.2) is 27.6 Å².